The van der Waals surface area contributed by atoms with Gasteiger partial charge in [0.05, 0.1) is 17.4 Å². The lowest BCUT2D eigenvalue weighted by atomic mass is 10.1. The second kappa shape index (κ2) is 7.36. The number of hydrogen-bond donors (Lipinski definition) is 2. The summed E-state index contributed by atoms with van der Waals surface area (Å²) in [5.41, 5.74) is 4.72. The van der Waals surface area contributed by atoms with E-state index in [-0.39, 0.29) is 11.7 Å². The predicted octanol–water partition coefficient (Wildman–Crippen LogP) is 3.18. The molecule has 140 valence electrons. The summed E-state index contributed by atoms with van der Waals surface area (Å²) in [5.74, 6) is -0.419. The summed E-state index contributed by atoms with van der Waals surface area (Å²) < 4.78 is 4.88. The number of H-pyrrole nitrogens is 1. The van der Waals surface area contributed by atoms with Gasteiger partial charge < -0.3 is 14.5 Å². The molecule has 1 amide bonds. The van der Waals surface area contributed by atoms with Crippen molar-refractivity contribution in [3.05, 3.63) is 66.9 Å². The number of nitrogens with one attached hydrogen (secondary N) is 1. The van der Waals surface area contributed by atoms with E-state index < -0.39 is 0 Å². The minimum absolute atomic E-state index is 0.132. The number of likely N-dealkylation sites (N-methyl/N-ethyl adjacent to an activating group) is 1. The highest BCUT2D eigenvalue weighted by Crippen LogP contribution is 2.25. The second-order valence-corrected chi connectivity index (χ2v) is 6.27. The summed E-state index contributed by atoms with van der Waals surface area (Å²) in [6, 6.07) is 11.9. The number of rotatable bonds is 2. The Morgan fingerprint density at radius 2 is 1.96 bits per heavy atom. The molecule has 2 N–H and O–H groups in total. The topological polar surface area (TPSA) is 108 Å². The van der Waals surface area contributed by atoms with Crippen molar-refractivity contribution in [3.63, 3.8) is 0 Å². The molecule has 0 spiro atoms. The summed E-state index contributed by atoms with van der Waals surface area (Å²) in [4.78, 5) is 16.4. The lowest BCUT2D eigenvalue weighted by Gasteiger charge is -2.04. The van der Waals surface area contributed by atoms with Crippen molar-refractivity contribution in [2.24, 2.45) is 0 Å². The zero-order chi connectivity index (χ0) is 19.5. The van der Waals surface area contributed by atoms with Gasteiger partial charge in [-0.1, -0.05) is 23.4 Å². The number of hydrogen-bond acceptors (Lipinski definition) is 6. The van der Waals surface area contributed by atoms with Gasteiger partial charge in [-0.15, -0.1) is 0 Å². The number of fused-ring (bicyclic) bond motifs is 1. The van der Waals surface area contributed by atoms with Gasteiger partial charge in [-0.3, -0.25) is 14.9 Å². The van der Waals surface area contributed by atoms with E-state index in [1.807, 2.05) is 42.6 Å². The van der Waals surface area contributed by atoms with Crippen LogP contribution in [0.3, 0.4) is 0 Å². The van der Waals surface area contributed by atoms with Crippen molar-refractivity contribution in [3.8, 4) is 22.5 Å². The highest BCUT2D eigenvalue weighted by molar-refractivity contribution is 5.93. The summed E-state index contributed by atoms with van der Waals surface area (Å²) in [7, 11) is 1.64. The Morgan fingerprint density at radius 1 is 1.14 bits per heavy atom. The van der Waals surface area contributed by atoms with Crippen molar-refractivity contribution in [1.82, 2.24) is 25.2 Å². The standard InChI is InChI=1S/C15H10N4O.C5H7NO2/c1-2-10(13-4-5-20-19-13)6-11(3-1)14-7-15-12(8-16-14)9-17-18-15;1-6-3-2-4(7)5(6)8/h1-9H,(H,17,18);2,7H,3H2,1H3. The smallest absolute Gasteiger partial charge is 0.288 e. The molecule has 4 aromatic rings. The minimum Gasteiger partial charge on any atom is -0.503 e. The number of aromatic nitrogens is 4. The maximum Gasteiger partial charge on any atom is 0.288 e. The number of aromatic amines is 1. The summed E-state index contributed by atoms with van der Waals surface area (Å²) in [6.45, 7) is 0.532. The quantitative estimate of drug-likeness (QED) is 0.557. The molecule has 0 radical (unpaired) electrons. The first kappa shape index (κ1) is 17.5. The molecular weight excluding hydrogens is 358 g/mol. The molecule has 8 heteroatoms. The Bertz CT molecular complexity index is 1150. The number of aliphatic hydroxyl groups excluding tert-OH is 1. The Balaban J connectivity index is 0.000000203. The zero-order valence-electron chi connectivity index (χ0n) is 15.0. The average molecular weight is 375 g/mol. The van der Waals surface area contributed by atoms with E-state index in [1.165, 1.54) is 11.0 Å². The lowest BCUT2D eigenvalue weighted by Crippen LogP contribution is -2.21. The monoisotopic (exact) mass is 375 g/mol. The largest absolute Gasteiger partial charge is 0.503 e. The van der Waals surface area contributed by atoms with Gasteiger partial charge in [-0.25, -0.2) is 0 Å². The van der Waals surface area contributed by atoms with Crippen molar-refractivity contribution in [1.29, 1.82) is 0 Å². The molecule has 5 rings (SSSR count). The molecule has 3 aromatic heterocycles. The number of benzene rings is 1. The Morgan fingerprint density at radius 3 is 2.61 bits per heavy atom. The molecule has 0 bridgehead atoms. The van der Waals surface area contributed by atoms with Crippen LogP contribution in [-0.2, 0) is 4.79 Å². The maximum atomic E-state index is 10.5. The number of carbonyl (C=O) groups excluding carboxylic acids is 1. The first-order valence-electron chi connectivity index (χ1n) is 8.57. The third-order valence-corrected chi connectivity index (χ3v) is 4.34. The molecule has 1 aromatic carbocycles. The molecule has 0 unspecified atom stereocenters. The first-order chi connectivity index (χ1) is 13.6. The summed E-state index contributed by atoms with van der Waals surface area (Å²) >= 11 is 0. The number of aliphatic hydroxyl groups is 1. The molecule has 28 heavy (non-hydrogen) atoms. The first-order valence-corrected chi connectivity index (χ1v) is 8.57. The molecule has 0 atom stereocenters. The van der Waals surface area contributed by atoms with E-state index in [2.05, 4.69) is 20.3 Å². The van der Waals surface area contributed by atoms with Crippen LogP contribution in [0, 0.1) is 0 Å². The van der Waals surface area contributed by atoms with Crippen LogP contribution in [0.4, 0.5) is 0 Å². The number of carbonyl (C=O) groups is 1. The van der Waals surface area contributed by atoms with Crippen LogP contribution < -0.4 is 0 Å². The van der Waals surface area contributed by atoms with Crippen LogP contribution in [0.1, 0.15) is 0 Å². The van der Waals surface area contributed by atoms with Gasteiger partial charge in [0, 0.05) is 42.4 Å². The van der Waals surface area contributed by atoms with E-state index >= 15 is 0 Å². The highest BCUT2D eigenvalue weighted by Gasteiger charge is 2.18. The predicted molar refractivity (Wildman–Crippen MR) is 103 cm³/mol. The lowest BCUT2D eigenvalue weighted by molar-refractivity contribution is -0.126. The fraction of sp³-hybridized carbons (Fsp3) is 0.100. The second-order valence-electron chi connectivity index (χ2n) is 6.27. The number of amides is 1. The van der Waals surface area contributed by atoms with Crippen LogP contribution in [0.2, 0.25) is 0 Å². The SMILES string of the molecule is CN1CC=C(O)C1=O.c1cc(-c2cc3[nH]ncc3cn2)cc(-c2ccon2)c1. The number of nitrogens with zero attached hydrogens (tertiary/aromatic N) is 4. The molecule has 1 aliphatic heterocycles. The summed E-state index contributed by atoms with van der Waals surface area (Å²) in [5, 5.41) is 20.6. The van der Waals surface area contributed by atoms with Crippen molar-refractivity contribution in [2.45, 2.75) is 0 Å². The van der Waals surface area contributed by atoms with Gasteiger partial charge in [-0.2, -0.15) is 5.10 Å². The van der Waals surface area contributed by atoms with Gasteiger partial charge in [0.15, 0.2) is 5.76 Å². The van der Waals surface area contributed by atoms with Gasteiger partial charge in [-0.05, 0) is 18.2 Å². The molecule has 1 aliphatic rings. The maximum absolute atomic E-state index is 10.5. The molecule has 0 saturated carbocycles. The van der Waals surface area contributed by atoms with Crippen LogP contribution >= 0.6 is 0 Å². The molecular formula is C20H17N5O3. The van der Waals surface area contributed by atoms with E-state index in [9.17, 15) is 4.79 Å². The van der Waals surface area contributed by atoms with Crippen molar-refractivity contribution in [2.75, 3.05) is 13.6 Å². The van der Waals surface area contributed by atoms with Gasteiger partial charge >= 0.3 is 0 Å². The van der Waals surface area contributed by atoms with Crippen LogP contribution in [0.15, 0.2) is 71.4 Å². The Hall–Kier alpha value is -3.94. The van der Waals surface area contributed by atoms with Crippen LogP contribution in [0.5, 0.6) is 0 Å². The van der Waals surface area contributed by atoms with Crippen molar-refractivity contribution < 1.29 is 14.4 Å². The third kappa shape index (κ3) is 3.48. The van der Waals surface area contributed by atoms with Crippen LogP contribution in [-0.4, -0.2) is 49.8 Å². The Labute approximate surface area is 160 Å². The number of pyridine rings is 1. The van der Waals surface area contributed by atoms with Gasteiger partial charge in [0.1, 0.15) is 12.0 Å². The van der Waals surface area contributed by atoms with E-state index in [1.54, 1.807) is 19.5 Å². The molecule has 4 heterocycles. The Kier molecular flexibility index (Phi) is 4.59. The summed E-state index contributed by atoms with van der Waals surface area (Å²) in [6.07, 6.45) is 6.63. The third-order valence-electron chi connectivity index (χ3n) is 4.34. The molecule has 0 fully saturated rings. The molecule has 8 nitrogen and oxygen atoms in total. The fourth-order valence-electron chi connectivity index (χ4n) is 2.78. The van der Waals surface area contributed by atoms with Crippen molar-refractivity contribution >= 4 is 16.8 Å². The molecule has 0 aliphatic carbocycles. The fourth-order valence-corrected chi connectivity index (χ4v) is 2.78. The average Bonchev–Trinajstić information content (AvgIpc) is 3.47. The minimum atomic E-state index is -0.287. The van der Waals surface area contributed by atoms with Gasteiger partial charge in [0.2, 0.25) is 0 Å². The van der Waals surface area contributed by atoms with Gasteiger partial charge in [0.25, 0.3) is 5.91 Å². The highest BCUT2D eigenvalue weighted by atomic mass is 16.5. The molecule has 0 saturated heterocycles. The normalized spacial score (nSPS) is 13.4. The van der Waals surface area contributed by atoms with E-state index in [0.29, 0.717) is 6.54 Å². The van der Waals surface area contributed by atoms with E-state index in [4.69, 9.17) is 9.63 Å². The zero-order valence-corrected chi connectivity index (χ0v) is 15.0. The van der Waals surface area contributed by atoms with E-state index in [0.717, 1.165) is 33.4 Å². The van der Waals surface area contributed by atoms with Crippen LogP contribution in [0.25, 0.3) is 33.4 Å².